The molecular weight excluding hydrogens is 207 g/mol. The highest BCUT2D eigenvalue weighted by molar-refractivity contribution is 5.36. The van der Waals surface area contributed by atoms with Crippen LogP contribution in [-0.4, -0.2) is 38.7 Å². The van der Waals surface area contributed by atoms with Crippen LogP contribution < -0.4 is 10.5 Å². The standard InChI is InChI=1S/C12H17FN2O/c1-15-7-12(6-14,8-15)9-3-4-11(16-2)10(13)5-9/h3-5H,6-8,14H2,1-2H3. The molecule has 0 atom stereocenters. The van der Waals surface area contributed by atoms with Crippen LogP contribution in [0, 0.1) is 5.82 Å². The van der Waals surface area contributed by atoms with Gasteiger partial charge in [0.05, 0.1) is 7.11 Å². The van der Waals surface area contributed by atoms with Gasteiger partial charge in [0.15, 0.2) is 11.6 Å². The van der Waals surface area contributed by atoms with Crippen molar-refractivity contribution in [1.29, 1.82) is 0 Å². The number of hydrogen-bond donors (Lipinski definition) is 1. The Labute approximate surface area is 95.0 Å². The van der Waals surface area contributed by atoms with Crippen LogP contribution in [0.2, 0.25) is 0 Å². The minimum absolute atomic E-state index is 0.0815. The van der Waals surface area contributed by atoms with Gasteiger partial charge in [0.2, 0.25) is 0 Å². The maximum absolute atomic E-state index is 13.6. The molecule has 0 aromatic heterocycles. The Morgan fingerprint density at radius 2 is 2.19 bits per heavy atom. The topological polar surface area (TPSA) is 38.5 Å². The lowest BCUT2D eigenvalue weighted by Crippen LogP contribution is -2.61. The molecule has 0 amide bonds. The molecule has 0 bridgehead atoms. The van der Waals surface area contributed by atoms with Gasteiger partial charge in [-0.3, -0.25) is 0 Å². The zero-order valence-electron chi connectivity index (χ0n) is 9.66. The summed E-state index contributed by atoms with van der Waals surface area (Å²) in [4.78, 5) is 2.18. The first-order chi connectivity index (χ1) is 7.61. The first-order valence-electron chi connectivity index (χ1n) is 5.34. The number of methoxy groups -OCH3 is 1. The zero-order chi connectivity index (χ0) is 11.8. The van der Waals surface area contributed by atoms with E-state index in [2.05, 4.69) is 4.90 Å². The van der Waals surface area contributed by atoms with Gasteiger partial charge in [0.25, 0.3) is 0 Å². The number of benzene rings is 1. The number of rotatable bonds is 3. The SMILES string of the molecule is COc1ccc(C2(CN)CN(C)C2)cc1F. The highest BCUT2D eigenvalue weighted by Gasteiger charge is 2.41. The number of likely N-dealkylation sites (tertiary alicyclic amines) is 1. The Bertz CT molecular complexity index is 389. The fourth-order valence-corrected chi connectivity index (χ4v) is 2.41. The molecule has 0 unspecified atom stereocenters. The largest absolute Gasteiger partial charge is 0.494 e. The van der Waals surface area contributed by atoms with Crippen LogP contribution in [-0.2, 0) is 5.41 Å². The summed E-state index contributed by atoms with van der Waals surface area (Å²) in [6.45, 7) is 2.31. The molecule has 0 spiro atoms. The minimum atomic E-state index is -0.317. The second kappa shape index (κ2) is 4.03. The Kier molecular flexibility index (Phi) is 2.86. The number of halogens is 1. The van der Waals surface area contributed by atoms with E-state index in [1.807, 2.05) is 13.1 Å². The first-order valence-corrected chi connectivity index (χ1v) is 5.34. The van der Waals surface area contributed by atoms with Crippen LogP contribution in [0.4, 0.5) is 4.39 Å². The third-order valence-electron chi connectivity index (χ3n) is 3.30. The van der Waals surface area contributed by atoms with Crippen LogP contribution in [0.15, 0.2) is 18.2 Å². The molecule has 88 valence electrons. The fourth-order valence-electron chi connectivity index (χ4n) is 2.41. The van der Waals surface area contributed by atoms with Crippen molar-refractivity contribution in [3.05, 3.63) is 29.6 Å². The number of hydrogen-bond acceptors (Lipinski definition) is 3. The average Bonchev–Trinajstić information content (AvgIpc) is 2.24. The van der Waals surface area contributed by atoms with Gasteiger partial charge in [-0.2, -0.15) is 0 Å². The van der Waals surface area contributed by atoms with E-state index < -0.39 is 0 Å². The highest BCUT2D eigenvalue weighted by Crippen LogP contribution is 2.34. The van der Waals surface area contributed by atoms with Crippen LogP contribution in [0.25, 0.3) is 0 Å². The second-order valence-corrected chi connectivity index (χ2v) is 4.51. The lowest BCUT2D eigenvalue weighted by molar-refractivity contribution is 0.0997. The summed E-state index contributed by atoms with van der Waals surface area (Å²) in [6, 6.07) is 5.11. The Hall–Kier alpha value is -1.13. The second-order valence-electron chi connectivity index (χ2n) is 4.51. The summed E-state index contributed by atoms with van der Waals surface area (Å²) in [6.07, 6.45) is 0. The van der Waals surface area contributed by atoms with Gasteiger partial charge in [-0.05, 0) is 24.7 Å². The van der Waals surface area contributed by atoms with Crippen LogP contribution >= 0.6 is 0 Å². The maximum atomic E-state index is 13.6. The summed E-state index contributed by atoms with van der Waals surface area (Å²) in [5.41, 5.74) is 6.69. The Morgan fingerprint density at radius 3 is 2.62 bits per heavy atom. The molecule has 0 aliphatic carbocycles. The number of nitrogens with zero attached hydrogens (tertiary/aromatic N) is 1. The number of likely N-dealkylation sites (N-methyl/N-ethyl adjacent to an activating group) is 1. The van der Waals surface area contributed by atoms with E-state index >= 15 is 0 Å². The molecule has 1 heterocycles. The van der Waals surface area contributed by atoms with Gasteiger partial charge in [0.1, 0.15) is 0 Å². The van der Waals surface area contributed by atoms with Crippen LogP contribution in [0.1, 0.15) is 5.56 Å². The van der Waals surface area contributed by atoms with Gasteiger partial charge in [0, 0.05) is 25.0 Å². The monoisotopic (exact) mass is 224 g/mol. The lowest BCUT2D eigenvalue weighted by Gasteiger charge is -2.48. The summed E-state index contributed by atoms with van der Waals surface area (Å²) >= 11 is 0. The molecule has 1 aromatic carbocycles. The van der Waals surface area contributed by atoms with E-state index in [0.717, 1.165) is 18.7 Å². The summed E-state index contributed by atoms with van der Waals surface area (Å²) in [7, 11) is 3.50. The van der Waals surface area contributed by atoms with Gasteiger partial charge in [-0.15, -0.1) is 0 Å². The molecule has 1 aliphatic heterocycles. The van der Waals surface area contributed by atoms with Gasteiger partial charge in [-0.1, -0.05) is 6.07 Å². The Morgan fingerprint density at radius 1 is 1.50 bits per heavy atom. The summed E-state index contributed by atoms with van der Waals surface area (Å²) < 4.78 is 18.5. The van der Waals surface area contributed by atoms with Crippen molar-refractivity contribution < 1.29 is 9.13 Å². The van der Waals surface area contributed by atoms with Crippen LogP contribution in [0.5, 0.6) is 5.75 Å². The number of ether oxygens (including phenoxy) is 1. The van der Waals surface area contributed by atoms with Crippen molar-refractivity contribution >= 4 is 0 Å². The van der Waals surface area contributed by atoms with Gasteiger partial charge in [-0.25, -0.2) is 4.39 Å². The van der Waals surface area contributed by atoms with Crippen molar-refractivity contribution in [2.75, 3.05) is 33.8 Å². The minimum Gasteiger partial charge on any atom is -0.494 e. The van der Waals surface area contributed by atoms with Crippen molar-refractivity contribution in [2.45, 2.75) is 5.41 Å². The first kappa shape index (κ1) is 11.4. The van der Waals surface area contributed by atoms with E-state index in [9.17, 15) is 4.39 Å². The summed E-state index contributed by atoms with van der Waals surface area (Å²) in [5.74, 6) is -0.0361. The molecule has 16 heavy (non-hydrogen) atoms. The molecule has 1 saturated heterocycles. The van der Waals surface area contributed by atoms with Gasteiger partial charge < -0.3 is 15.4 Å². The van der Waals surface area contributed by atoms with E-state index in [1.165, 1.54) is 7.11 Å². The number of nitrogens with two attached hydrogens (primary N) is 1. The van der Waals surface area contributed by atoms with Crippen molar-refractivity contribution in [3.8, 4) is 5.75 Å². The van der Waals surface area contributed by atoms with Crippen molar-refractivity contribution in [1.82, 2.24) is 4.90 Å². The molecule has 2 N–H and O–H groups in total. The van der Waals surface area contributed by atoms with E-state index in [1.54, 1.807) is 12.1 Å². The quantitative estimate of drug-likeness (QED) is 0.831. The molecule has 4 heteroatoms. The molecule has 3 nitrogen and oxygen atoms in total. The molecule has 2 rings (SSSR count). The Balaban J connectivity index is 2.30. The molecule has 0 radical (unpaired) electrons. The van der Waals surface area contributed by atoms with Crippen molar-refractivity contribution in [2.24, 2.45) is 5.73 Å². The molecule has 1 aromatic rings. The van der Waals surface area contributed by atoms with E-state index in [0.29, 0.717) is 6.54 Å². The predicted molar refractivity (Wildman–Crippen MR) is 61.2 cm³/mol. The molecule has 1 aliphatic rings. The van der Waals surface area contributed by atoms with E-state index in [-0.39, 0.29) is 17.0 Å². The maximum Gasteiger partial charge on any atom is 0.165 e. The van der Waals surface area contributed by atoms with Gasteiger partial charge >= 0.3 is 0 Å². The average molecular weight is 224 g/mol. The predicted octanol–water partition coefficient (Wildman–Crippen LogP) is 0.976. The highest BCUT2D eigenvalue weighted by atomic mass is 19.1. The van der Waals surface area contributed by atoms with Crippen LogP contribution in [0.3, 0.4) is 0 Å². The zero-order valence-corrected chi connectivity index (χ0v) is 9.66. The third-order valence-corrected chi connectivity index (χ3v) is 3.30. The third kappa shape index (κ3) is 1.68. The molecule has 0 saturated carbocycles. The molecule has 1 fully saturated rings. The smallest absolute Gasteiger partial charge is 0.165 e. The summed E-state index contributed by atoms with van der Waals surface area (Å²) in [5, 5.41) is 0. The lowest BCUT2D eigenvalue weighted by atomic mass is 9.74. The molecular formula is C12H17FN2O. The van der Waals surface area contributed by atoms with Crippen molar-refractivity contribution in [3.63, 3.8) is 0 Å². The van der Waals surface area contributed by atoms with E-state index in [4.69, 9.17) is 10.5 Å². The fraction of sp³-hybridized carbons (Fsp3) is 0.500. The normalized spacial score (nSPS) is 19.2.